The van der Waals surface area contributed by atoms with Crippen LogP contribution in [-0.4, -0.2) is 35.6 Å². The van der Waals surface area contributed by atoms with Gasteiger partial charge in [0.25, 0.3) is 5.91 Å². The predicted octanol–water partition coefficient (Wildman–Crippen LogP) is 1.57. The second kappa shape index (κ2) is 6.08. The van der Waals surface area contributed by atoms with Crippen molar-refractivity contribution in [1.29, 1.82) is 0 Å². The zero-order valence-corrected chi connectivity index (χ0v) is 13.5. The molecule has 7 nitrogen and oxygen atoms in total. The third kappa shape index (κ3) is 4.07. The molecule has 0 aliphatic heterocycles. The molecule has 11 heteroatoms. The van der Waals surface area contributed by atoms with E-state index in [1.54, 1.807) is 0 Å². The van der Waals surface area contributed by atoms with Crippen molar-refractivity contribution in [3.8, 4) is 0 Å². The quantitative estimate of drug-likeness (QED) is 0.849. The second-order valence-corrected chi connectivity index (χ2v) is 7.21. The first-order chi connectivity index (χ1) is 10.2. The highest BCUT2D eigenvalue weighted by Gasteiger charge is 2.19. The van der Waals surface area contributed by atoms with E-state index in [9.17, 15) is 22.0 Å². The molecule has 0 spiro atoms. The van der Waals surface area contributed by atoms with Crippen molar-refractivity contribution in [1.82, 2.24) is 15.0 Å². The van der Waals surface area contributed by atoms with Crippen LogP contribution in [0.3, 0.4) is 0 Å². The fourth-order valence-corrected chi connectivity index (χ4v) is 2.48. The topological polar surface area (TPSA) is 94.0 Å². The number of nitrogens with one attached hydrogen (secondary N) is 1. The van der Waals surface area contributed by atoms with Crippen LogP contribution in [0.2, 0.25) is 0 Å². The highest BCUT2D eigenvalue weighted by molar-refractivity contribution is 9.10. The maximum Gasteiger partial charge on any atom is 0.279 e. The number of halogens is 3. The first-order valence-corrected chi connectivity index (χ1v) is 8.56. The van der Waals surface area contributed by atoms with Gasteiger partial charge < -0.3 is 5.32 Å². The fourth-order valence-electron chi connectivity index (χ4n) is 1.51. The molecule has 1 N–H and O–H groups in total. The van der Waals surface area contributed by atoms with Gasteiger partial charge in [-0.05, 0) is 28.1 Å². The minimum atomic E-state index is -3.39. The van der Waals surface area contributed by atoms with Crippen LogP contribution < -0.4 is 5.32 Å². The smallest absolute Gasteiger partial charge is 0.279 e. The Morgan fingerprint density at radius 1 is 1.36 bits per heavy atom. The average Bonchev–Trinajstić information content (AvgIpc) is 2.71. The van der Waals surface area contributed by atoms with E-state index in [2.05, 4.69) is 31.4 Å². The zero-order chi connectivity index (χ0) is 16.5. The van der Waals surface area contributed by atoms with Crippen LogP contribution in [0.5, 0.6) is 0 Å². The monoisotopic (exact) mass is 394 g/mol. The Kier molecular flexibility index (Phi) is 4.56. The van der Waals surface area contributed by atoms with Gasteiger partial charge in [0.1, 0.15) is 11.6 Å². The maximum absolute atomic E-state index is 13.5. The highest BCUT2D eigenvalue weighted by Crippen LogP contribution is 2.18. The Morgan fingerprint density at radius 3 is 2.64 bits per heavy atom. The van der Waals surface area contributed by atoms with Crippen molar-refractivity contribution >= 4 is 37.4 Å². The lowest BCUT2D eigenvalue weighted by Gasteiger charge is -2.04. The van der Waals surface area contributed by atoms with E-state index in [1.807, 2.05) is 0 Å². The minimum absolute atomic E-state index is 0.00355. The molecule has 1 heterocycles. The van der Waals surface area contributed by atoms with Crippen molar-refractivity contribution in [2.24, 2.45) is 0 Å². The summed E-state index contributed by atoms with van der Waals surface area (Å²) in [6, 6.07) is 2.65. The van der Waals surface area contributed by atoms with Gasteiger partial charge in [0.2, 0.25) is 0 Å². The Balaban J connectivity index is 2.23. The molecule has 0 saturated heterocycles. The molecular weight excluding hydrogens is 386 g/mol. The van der Waals surface area contributed by atoms with Gasteiger partial charge in [0.05, 0.1) is 5.69 Å². The molecule has 0 fully saturated rings. The first-order valence-electron chi connectivity index (χ1n) is 5.70. The number of benzene rings is 1. The number of sulfone groups is 1. The largest absolute Gasteiger partial charge is 0.318 e. The van der Waals surface area contributed by atoms with Crippen molar-refractivity contribution in [3.63, 3.8) is 0 Å². The molecule has 0 atom stereocenters. The lowest BCUT2D eigenvalue weighted by Crippen LogP contribution is -2.16. The lowest BCUT2D eigenvalue weighted by molar-refractivity contribution is 0.102. The molecule has 0 unspecified atom stereocenters. The summed E-state index contributed by atoms with van der Waals surface area (Å²) in [6.45, 7) is 0. The van der Waals surface area contributed by atoms with Gasteiger partial charge in [-0.2, -0.15) is 4.80 Å². The van der Waals surface area contributed by atoms with E-state index in [4.69, 9.17) is 0 Å². The normalized spacial score (nSPS) is 11.5. The van der Waals surface area contributed by atoms with E-state index >= 15 is 0 Å². The third-order valence-corrected chi connectivity index (χ3v) is 3.59. The SMILES string of the molecule is CS(=O)(=O)Cn1nc(Br)c(C(=O)Nc2ccc(F)cc2F)n1. The van der Waals surface area contributed by atoms with Gasteiger partial charge in [0.15, 0.2) is 26.0 Å². The van der Waals surface area contributed by atoms with Crippen LogP contribution in [0, 0.1) is 11.6 Å². The summed E-state index contributed by atoms with van der Waals surface area (Å²) in [6.07, 6.45) is 0.984. The van der Waals surface area contributed by atoms with Gasteiger partial charge in [-0.1, -0.05) is 0 Å². The summed E-state index contributed by atoms with van der Waals surface area (Å²) in [5, 5.41) is 9.63. The molecule has 1 amide bonds. The Hall–Kier alpha value is -1.88. The summed E-state index contributed by atoms with van der Waals surface area (Å²) in [5.74, 6) is -3.06. The van der Waals surface area contributed by atoms with Crippen LogP contribution in [0.15, 0.2) is 22.8 Å². The van der Waals surface area contributed by atoms with Gasteiger partial charge in [-0.15, -0.1) is 10.2 Å². The molecule has 0 bridgehead atoms. The van der Waals surface area contributed by atoms with E-state index in [-0.39, 0.29) is 16.0 Å². The van der Waals surface area contributed by atoms with Crippen LogP contribution >= 0.6 is 15.9 Å². The number of aromatic nitrogens is 3. The van der Waals surface area contributed by atoms with E-state index in [0.717, 1.165) is 23.2 Å². The molecule has 118 valence electrons. The number of hydrogen-bond donors (Lipinski definition) is 1. The molecule has 0 radical (unpaired) electrons. The van der Waals surface area contributed by atoms with Crippen molar-refractivity contribution < 1.29 is 22.0 Å². The summed E-state index contributed by atoms with van der Waals surface area (Å²) in [4.78, 5) is 12.8. The van der Waals surface area contributed by atoms with Gasteiger partial charge in [0, 0.05) is 12.3 Å². The second-order valence-electron chi connectivity index (χ2n) is 4.34. The van der Waals surface area contributed by atoms with Gasteiger partial charge >= 0.3 is 0 Å². The molecule has 22 heavy (non-hydrogen) atoms. The lowest BCUT2D eigenvalue weighted by atomic mass is 10.3. The molecule has 2 rings (SSSR count). The van der Waals surface area contributed by atoms with E-state index < -0.39 is 33.3 Å². The third-order valence-electron chi connectivity index (χ3n) is 2.36. The number of carbonyl (C=O) groups is 1. The Morgan fingerprint density at radius 2 is 2.05 bits per heavy atom. The highest BCUT2D eigenvalue weighted by atomic mass is 79.9. The number of anilines is 1. The summed E-state index contributed by atoms with van der Waals surface area (Å²) < 4.78 is 48.6. The van der Waals surface area contributed by atoms with Crippen molar-refractivity contribution in [3.05, 3.63) is 40.1 Å². The molecule has 1 aromatic heterocycles. The summed E-state index contributed by atoms with van der Waals surface area (Å²) in [7, 11) is -3.39. The molecule has 0 saturated carbocycles. The van der Waals surface area contributed by atoms with Crippen LogP contribution in [0.4, 0.5) is 14.5 Å². The number of carbonyl (C=O) groups excluding carboxylic acids is 1. The van der Waals surface area contributed by atoms with Crippen molar-refractivity contribution in [2.45, 2.75) is 5.88 Å². The summed E-state index contributed by atoms with van der Waals surface area (Å²) in [5.41, 5.74) is -0.469. The molecule has 0 aliphatic rings. The molecule has 2 aromatic rings. The first kappa shape index (κ1) is 16.5. The van der Waals surface area contributed by atoms with Gasteiger partial charge in [-0.25, -0.2) is 17.2 Å². The Bertz CT molecular complexity index is 838. The molecule has 1 aromatic carbocycles. The standard InChI is InChI=1S/C11H9BrF2N4O3S/c1-22(20,21)5-18-16-9(10(12)17-18)11(19)15-8-3-2-6(13)4-7(8)14/h2-4H,5H2,1H3,(H,15,19). The van der Waals surface area contributed by atoms with Crippen LogP contribution in [0.1, 0.15) is 10.5 Å². The number of rotatable bonds is 4. The Labute approximate surface area is 132 Å². The van der Waals surface area contributed by atoms with E-state index in [1.165, 1.54) is 0 Å². The zero-order valence-electron chi connectivity index (χ0n) is 11.0. The predicted molar refractivity (Wildman–Crippen MR) is 76.9 cm³/mol. The number of hydrogen-bond acceptors (Lipinski definition) is 5. The average molecular weight is 395 g/mol. The minimum Gasteiger partial charge on any atom is -0.318 e. The van der Waals surface area contributed by atoms with Crippen LogP contribution in [0.25, 0.3) is 0 Å². The number of nitrogens with zero attached hydrogens (tertiary/aromatic N) is 3. The molecular formula is C11H9BrF2N4O3S. The fraction of sp³-hybridized carbons (Fsp3) is 0.182. The number of amides is 1. The molecule has 0 aliphatic carbocycles. The van der Waals surface area contributed by atoms with Gasteiger partial charge in [-0.3, -0.25) is 4.79 Å². The maximum atomic E-state index is 13.5. The van der Waals surface area contributed by atoms with Crippen LogP contribution in [-0.2, 0) is 15.7 Å². The van der Waals surface area contributed by atoms with Crippen molar-refractivity contribution in [2.75, 3.05) is 11.6 Å². The summed E-state index contributed by atoms with van der Waals surface area (Å²) >= 11 is 2.96. The van der Waals surface area contributed by atoms with E-state index in [0.29, 0.717) is 6.07 Å².